The highest BCUT2D eigenvalue weighted by Crippen LogP contribution is 2.31. The minimum absolute atomic E-state index is 0.163. The molecule has 2 aromatic rings. The average Bonchev–Trinajstić information content (AvgIpc) is 2.97. The summed E-state index contributed by atoms with van der Waals surface area (Å²) in [7, 11) is 0. The average molecular weight is 387 g/mol. The summed E-state index contributed by atoms with van der Waals surface area (Å²) in [6.45, 7) is 4.57. The third kappa shape index (κ3) is 4.48. The van der Waals surface area contributed by atoms with Gasteiger partial charge < -0.3 is 10.1 Å². The number of benzene rings is 2. The fourth-order valence-corrected chi connectivity index (χ4v) is 3.52. The van der Waals surface area contributed by atoms with Gasteiger partial charge in [-0.1, -0.05) is 36.7 Å². The number of rotatable bonds is 5. The number of halogens is 1. The van der Waals surface area contributed by atoms with Crippen molar-refractivity contribution in [3.8, 4) is 5.75 Å². The van der Waals surface area contributed by atoms with Crippen molar-refractivity contribution in [1.29, 1.82) is 0 Å². The molecule has 3 rings (SSSR count). The molecule has 0 radical (unpaired) electrons. The van der Waals surface area contributed by atoms with Gasteiger partial charge in [0.25, 0.3) is 5.91 Å². The number of nitrogens with zero attached hydrogens (tertiary/aromatic N) is 1. The molecule has 1 aliphatic rings. The number of carbonyl (C=O) groups is 1. The van der Waals surface area contributed by atoms with Gasteiger partial charge in [-0.15, -0.1) is 0 Å². The first-order valence-corrected chi connectivity index (χ1v) is 9.59. The fraction of sp³-hybridized carbons (Fsp3) is 0.200. The number of carbonyl (C=O) groups excluding carboxylic acids is 1. The number of thioether (sulfide) groups is 1. The van der Waals surface area contributed by atoms with Crippen LogP contribution in [0.2, 0.25) is 5.02 Å². The molecule has 0 aromatic heterocycles. The molecule has 1 heterocycles. The molecule has 1 fully saturated rings. The van der Waals surface area contributed by atoms with Crippen LogP contribution in [0.3, 0.4) is 0 Å². The van der Waals surface area contributed by atoms with Gasteiger partial charge in [0.05, 0.1) is 22.2 Å². The van der Waals surface area contributed by atoms with Crippen LogP contribution in [0.4, 0.5) is 5.69 Å². The van der Waals surface area contributed by atoms with E-state index in [-0.39, 0.29) is 5.91 Å². The lowest BCUT2D eigenvalue weighted by Gasteiger charge is -2.05. The fourth-order valence-electron chi connectivity index (χ4n) is 2.43. The van der Waals surface area contributed by atoms with Gasteiger partial charge >= 0.3 is 0 Å². The number of nitrogens with one attached hydrogen (secondary N) is 1. The Balaban J connectivity index is 1.77. The first kappa shape index (κ1) is 18.5. The molecule has 0 saturated carbocycles. The molecule has 26 heavy (non-hydrogen) atoms. The van der Waals surface area contributed by atoms with Crippen LogP contribution >= 0.6 is 23.4 Å². The largest absolute Gasteiger partial charge is 0.492 e. The van der Waals surface area contributed by atoms with E-state index in [9.17, 15) is 4.79 Å². The summed E-state index contributed by atoms with van der Waals surface area (Å²) < 4.78 is 5.43. The molecule has 134 valence electrons. The van der Waals surface area contributed by atoms with Gasteiger partial charge in [0.15, 0.2) is 5.17 Å². The van der Waals surface area contributed by atoms with E-state index in [2.05, 4.69) is 17.2 Å². The van der Waals surface area contributed by atoms with Gasteiger partial charge in [0.2, 0.25) is 0 Å². The second-order valence-electron chi connectivity index (χ2n) is 5.62. The van der Waals surface area contributed by atoms with Crippen LogP contribution in [-0.4, -0.2) is 17.7 Å². The molecular formula is C20H19ClN2O2S. The Labute approximate surface area is 162 Å². The molecule has 1 aliphatic heterocycles. The monoisotopic (exact) mass is 386 g/mol. The minimum atomic E-state index is -0.163. The van der Waals surface area contributed by atoms with Crippen molar-refractivity contribution in [2.45, 2.75) is 20.3 Å². The second kappa shape index (κ2) is 8.43. The molecule has 1 N–H and O–H groups in total. The molecule has 1 saturated heterocycles. The summed E-state index contributed by atoms with van der Waals surface area (Å²) in [4.78, 5) is 17.3. The highest BCUT2D eigenvalue weighted by atomic mass is 35.5. The number of aryl methyl sites for hydroxylation is 1. The van der Waals surface area contributed by atoms with Crippen molar-refractivity contribution in [2.24, 2.45) is 4.99 Å². The second-order valence-corrected chi connectivity index (χ2v) is 7.06. The lowest BCUT2D eigenvalue weighted by Crippen LogP contribution is -2.19. The van der Waals surface area contributed by atoms with Gasteiger partial charge in [-0.25, -0.2) is 4.99 Å². The SMILES string of the molecule is CCOc1ccc(/C=C2\SC(=Nc3ccc(CC)cc3)NC2=O)cc1Cl. The summed E-state index contributed by atoms with van der Waals surface area (Å²) in [6.07, 6.45) is 2.78. The first-order valence-electron chi connectivity index (χ1n) is 8.40. The van der Waals surface area contributed by atoms with E-state index in [1.54, 1.807) is 18.2 Å². The topological polar surface area (TPSA) is 50.7 Å². The number of ether oxygens (including phenoxy) is 1. The Morgan fingerprint density at radius 3 is 2.62 bits per heavy atom. The summed E-state index contributed by atoms with van der Waals surface area (Å²) in [5.41, 5.74) is 2.91. The maximum absolute atomic E-state index is 12.2. The highest BCUT2D eigenvalue weighted by Gasteiger charge is 2.23. The molecule has 0 aliphatic carbocycles. The van der Waals surface area contributed by atoms with Crippen LogP contribution in [-0.2, 0) is 11.2 Å². The van der Waals surface area contributed by atoms with Crippen molar-refractivity contribution in [2.75, 3.05) is 6.61 Å². The molecular weight excluding hydrogens is 368 g/mol. The van der Waals surface area contributed by atoms with Crippen LogP contribution in [0.25, 0.3) is 6.08 Å². The molecule has 0 bridgehead atoms. The normalized spacial score (nSPS) is 17.0. The van der Waals surface area contributed by atoms with Gasteiger partial charge in [-0.2, -0.15) is 0 Å². The lowest BCUT2D eigenvalue weighted by atomic mass is 10.2. The van der Waals surface area contributed by atoms with Gasteiger partial charge in [0.1, 0.15) is 5.75 Å². The predicted molar refractivity (Wildman–Crippen MR) is 109 cm³/mol. The smallest absolute Gasteiger partial charge is 0.264 e. The Hall–Kier alpha value is -2.24. The molecule has 0 unspecified atom stereocenters. The number of aliphatic imine (C=N–C) groups is 1. The predicted octanol–water partition coefficient (Wildman–Crippen LogP) is 5.19. The minimum Gasteiger partial charge on any atom is -0.492 e. The number of hydrogen-bond donors (Lipinski definition) is 1. The molecule has 1 amide bonds. The summed E-state index contributed by atoms with van der Waals surface area (Å²) in [5.74, 6) is 0.474. The van der Waals surface area contributed by atoms with Crippen LogP contribution < -0.4 is 10.1 Å². The quantitative estimate of drug-likeness (QED) is 0.719. The number of amidine groups is 1. The Morgan fingerprint density at radius 1 is 1.19 bits per heavy atom. The van der Waals surface area contributed by atoms with Crippen LogP contribution in [0.5, 0.6) is 5.75 Å². The standard InChI is InChI=1S/C20H19ClN2O2S/c1-3-13-5-8-15(9-6-13)22-20-23-19(24)18(26-20)12-14-7-10-17(25-4-2)16(21)11-14/h5-12H,3-4H2,1-2H3,(H,22,23,24)/b18-12-. The van der Waals surface area contributed by atoms with Crippen molar-refractivity contribution in [3.63, 3.8) is 0 Å². The Morgan fingerprint density at radius 2 is 1.96 bits per heavy atom. The Bertz CT molecular complexity index is 876. The first-order chi connectivity index (χ1) is 12.6. The van der Waals surface area contributed by atoms with E-state index in [0.717, 1.165) is 17.7 Å². The molecule has 0 atom stereocenters. The van der Waals surface area contributed by atoms with Gasteiger partial charge in [0, 0.05) is 0 Å². The van der Waals surface area contributed by atoms with Crippen molar-refractivity contribution in [1.82, 2.24) is 5.32 Å². The van der Waals surface area contributed by atoms with Crippen LogP contribution in [0, 0.1) is 0 Å². The van der Waals surface area contributed by atoms with E-state index in [0.29, 0.717) is 27.5 Å². The van der Waals surface area contributed by atoms with Gasteiger partial charge in [-0.3, -0.25) is 4.79 Å². The zero-order valence-electron chi connectivity index (χ0n) is 14.6. The molecule has 0 spiro atoms. The van der Waals surface area contributed by atoms with E-state index in [1.807, 2.05) is 37.3 Å². The molecule has 4 nitrogen and oxygen atoms in total. The van der Waals surface area contributed by atoms with E-state index in [4.69, 9.17) is 16.3 Å². The number of hydrogen-bond acceptors (Lipinski definition) is 4. The molecule has 2 aromatic carbocycles. The van der Waals surface area contributed by atoms with E-state index >= 15 is 0 Å². The summed E-state index contributed by atoms with van der Waals surface area (Å²) in [6, 6.07) is 13.4. The third-order valence-corrected chi connectivity index (χ3v) is 4.98. The zero-order chi connectivity index (χ0) is 18.5. The highest BCUT2D eigenvalue weighted by molar-refractivity contribution is 8.18. The lowest BCUT2D eigenvalue weighted by molar-refractivity contribution is -0.115. The van der Waals surface area contributed by atoms with E-state index < -0.39 is 0 Å². The maximum Gasteiger partial charge on any atom is 0.264 e. The number of amides is 1. The van der Waals surface area contributed by atoms with Crippen LogP contribution in [0.15, 0.2) is 52.4 Å². The zero-order valence-corrected chi connectivity index (χ0v) is 16.2. The van der Waals surface area contributed by atoms with Crippen molar-refractivity contribution >= 4 is 46.2 Å². The Kier molecular flexibility index (Phi) is 6.01. The molecule has 6 heteroatoms. The van der Waals surface area contributed by atoms with Crippen molar-refractivity contribution < 1.29 is 9.53 Å². The third-order valence-electron chi connectivity index (χ3n) is 3.78. The summed E-state index contributed by atoms with van der Waals surface area (Å²) in [5, 5.41) is 3.89. The summed E-state index contributed by atoms with van der Waals surface area (Å²) >= 11 is 7.52. The maximum atomic E-state index is 12.2. The van der Waals surface area contributed by atoms with Gasteiger partial charge in [-0.05, 0) is 66.6 Å². The van der Waals surface area contributed by atoms with E-state index in [1.165, 1.54) is 17.3 Å². The van der Waals surface area contributed by atoms with Crippen LogP contribution in [0.1, 0.15) is 25.0 Å². The van der Waals surface area contributed by atoms with Crippen molar-refractivity contribution in [3.05, 3.63) is 63.5 Å².